The molecule has 1 aliphatic rings. The Morgan fingerprint density at radius 2 is 1.68 bits per heavy atom. The second kappa shape index (κ2) is 6.41. The van der Waals surface area contributed by atoms with Gasteiger partial charge in [-0.2, -0.15) is 0 Å². The van der Waals surface area contributed by atoms with Gasteiger partial charge < -0.3 is 14.8 Å². The summed E-state index contributed by atoms with van der Waals surface area (Å²) in [6.07, 6.45) is 2.04. The van der Waals surface area contributed by atoms with Gasteiger partial charge >= 0.3 is 0 Å². The van der Waals surface area contributed by atoms with Gasteiger partial charge in [0.15, 0.2) is 0 Å². The molecule has 1 N–H and O–H groups in total. The van der Waals surface area contributed by atoms with E-state index in [0.717, 1.165) is 30.9 Å². The third-order valence-electron chi connectivity index (χ3n) is 4.45. The maximum Gasteiger partial charge on any atom is 0.119 e. The summed E-state index contributed by atoms with van der Waals surface area (Å²) in [5, 5.41) is 3.66. The average Bonchev–Trinajstić information content (AvgIpc) is 2.60. The van der Waals surface area contributed by atoms with Crippen molar-refractivity contribution in [3.63, 3.8) is 0 Å². The van der Waals surface area contributed by atoms with Crippen molar-refractivity contribution in [2.24, 2.45) is 0 Å². The van der Waals surface area contributed by atoms with Crippen molar-refractivity contribution in [3.8, 4) is 11.5 Å². The van der Waals surface area contributed by atoms with Crippen molar-refractivity contribution in [1.82, 2.24) is 5.32 Å². The molecule has 3 nitrogen and oxygen atoms in total. The number of benzene rings is 2. The SMILES string of the molecule is CCc1cc(OC)ccc1C1NCCc2cc(OC)ccc21. The monoisotopic (exact) mass is 297 g/mol. The van der Waals surface area contributed by atoms with Crippen LogP contribution in [0.1, 0.15) is 35.2 Å². The Bertz CT molecular complexity index is 666. The van der Waals surface area contributed by atoms with Crippen LogP contribution in [0.25, 0.3) is 0 Å². The summed E-state index contributed by atoms with van der Waals surface area (Å²) in [4.78, 5) is 0. The number of ether oxygens (including phenoxy) is 2. The van der Waals surface area contributed by atoms with Gasteiger partial charge in [-0.1, -0.05) is 19.1 Å². The minimum Gasteiger partial charge on any atom is -0.497 e. The van der Waals surface area contributed by atoms with Gasteiger partial charge in [0.1, 0.15) is 11.5 Å². The van der Waals surface area contributed by atoms with Crippen LogP contribution in [0.4, 0.5) is 0 Å². The maximum atomic E-state index is 5.36. The number of nitrogens with one attached hydrogen (secondary N) is 1. The maximum absolute atomic E-state index is 5.36. The van der Waals surface area contributed by atoms with Crippen molar-refractivity contribution in [1.29, 1.82) is 0 Å². The molecule has 2 aromatic rings. The Morgan fingerprint density at radius 3 is 2.36 bits per heavy atom. The van der Waals surface area contributed by atoms with Crippen molar-refractivity contribution in [3.05, 3.63) is 58.7 Å². The molecule has 0 amide bonds. The molecule has 116 valence electrons. The van der Waals surface area contributed by atoms with Crippen LogP contribution in [0.2, 0.25) is 0 Å². The highest BCUT2D eigenvalue weighted by Gasteiger charge is 2.23. The fraction of sp³-hybridized carbons (Fsp3) is 0.368. The minimum atomic E-state index is 0.246. The summed E-state index contributed by atoms with van der Waals surface area (Å²) in [7, 11) is 3.44. The number of methoxy groups -OCH3 is 2. The number of aryl methyl sites for hydroxylation is 1. The quantitative estimate of drug-likeness (QED) is 0.937. The Morgan fingerprint density at radius 1 is 1.00 bits per heavy atom. The van der Waals surface area contributed by atoms with E-state index in [-0.39, 0.29) is 6.04 Å². The molecule has 0 aliphatic carbocycles. The molecule has 0 bridgehead atoms. The van der Waals surface area contributed by atoms with Gasteiger partial charge in [0.05, 0.1) is 20.3 Å². The lowest BCUT2D eigenvalue weighted by atomic mass is 9.87. The average molecular weight is 297 g/mol. The molecule has 0 saturated heterocycles. The zero-order valence-corrected chi connectivity index (χ0v) is 13.5. The second-order valence-corrected chi connectivity index (χ2v) is 5.62. The van der Waals surface area contributed by atoms with Crippen LogP contribution in [0.15, 0.2) is 36.4 Å². The van der Waals surface area contributed by atoms with E-state index < -0.39 is 0 Å². The third kappa shape index (κ3) is 2.69. The number of hydrogen-bond donors (Lipinski definition) is 1. The molecule has 3 rings (SSSR count). The zero-order chi connectivity index (χ0) is 15.5. The van der Waals surface area contributed by atoms with Gasteiger partial charge in [0, 0.05) is 6.54 Å². The van der Waals surface area contributed by atoms with Crippen LogP contribution in [0.5, 0.6) is 11.5 Å². The molecule has 1 unspecified atom stereocenters. The third-order valence-corrected chi connectivity index (χ3v) is 4.45. The molecule has 0 radical (unpaired) electrons. The van der Waals surface area contributed by atoms with Gasteiger partial charge in [-0.3, -0.25) is 0 Å². The molecular weight excluding hydrogens is 274 g/mol. The minimum absolute atomic E-state index is 0.246. The molecule has 22 heavy (non-hydrogen) atoms. The second-order valence-electron chi connectivity index (χ2n) is 5.62. The van der Waals surface area contributed by atoms with Crippen LogP contribution in [-0.2, 0) is 12.8 Å². The predicted molar refractivity (Wildman–Crippen MR) is 88.9 cm³/mol. The van der Waals surface area contributed by atoms with Crippen LogP contribution < -0.4 is 14.8 Å². The molecule has 1 heterocycles. The van der Waals surface area contributed by atoms with E-state index in [0.29, 0.717) is 0 Å². The van der Waals surface area contributed by atoms with E-state index in [1.165, 1.54) is 22.3 Å². The van der Waals surface area contributed by atoms with Crippen LogP contribution in [-0.4, -0.2) is 20.8 Å². The Hall–Kier alpha value is -2.00. The summed E-state index contributed by atoms with van der Waals surface area (Å²) in [5.41, 5.74) is 5.41. The number of hydrogen-bond acceptors (Lipinski definition) is 3. The summed E-state index contributed by atoms with van der Waals surface area (Å²) < 4.78 is 10.7. The molecule has 0 saturated carbocycles. The topological polar surface area (TPSA) is 30.5 Å². The fourth-order valence-electron chi connectivity index (χ4n) is 3.24. The van der Waals surface area contributed by atoms with Crippen molar-refractivity contribution >= 4 is 0 Å². The summed E-state index contributed by atoms with van der Waals surface area (Å²) >= 11 is 0. The van der Waals surface area contributed by atoms with Gasteiger partial charge in [0.25, 0.3) is 0 Å². The van der Waals surface area contributed by atoms with Crippen LogP contribution >= 0.6 is 0 Å². The van der Waals surface area contributed by atoms with E-state index in [1.54, 1.807) is 14.2 Å². The lowest BCUT2D eigenvalue weighted by Gasteiger charge is -2.29. The van der Waals surface area contributed by atoms with Crippen molar-refractivity contribution in [2.45, 2.75) is 25.8 Å². The first-order valence-corrected chi connectivity index (χ1v) is 7.83. The van der Waals surface area contributed by atoms with E-state index in [1.807, 2.05) is 12.1 Å². The largest absolute Gasteiger partial charge is 0.497 e. The standard InChI is InChI=1S/C19H23NO2/c1-4-13-11-15(21-2)5-7-17(13)19-18-8-6-16(22-3)12-14(18)9-10-20-19/h5-8,11-12,19-20H,4,9-10H2,1-3H3. The lowest BCUT2D eigenvalue weighted by Crippen LogP contribution is -2.31. The number of rotatable bonds is 4. The van der Waals surface area contributed by atoms with E-state index >= 15 is 0 Å². The predicted octanol–water partition coefficient (Wildman–Crippen LogP) is 3.50. The highest BCUT2D eigenvalue weighted by molar-refractivity contribution is 5.47. The molecule has 2 aromatic carbocycles. The molecule has 3 heteroatoms. The first kappa shape index (κ1) is 14.9. The first-order chi connectivity index (χ1) is 10.8. The Kier molecular flexibility index (Phi) is 4.34. The molecule has 1 aliphatic heterocycles. The van der Waals surface area contributed by atoms with Crippen molar-refractivity contribution in [2.75, 3.05) is 20.8 Å². The molecule has 0 fully saturated rings. The first-order valence-electron chi connectivity index (χ1n) is 7.83. The molecule has 0 aromatic heterocycles. The lowest BCUT2D eigenvalue weighted by molar-refractivity contribution is 0.412. The fourth-order valence-corrected chi connectivity index (χ4v) is 3.24. The van der Waals surface area contributed by atoms with E-state index in [4.69, 9.17) is 9.47 Å². The van der Waals surface area contributed by atoms with Gasteiger partial charge in [-0.05, 0) is 59.4 Å². The normalized spacial score (nSPS) is 17.0. The Balaban J connectivity index is 2.04. The number of fused-ring (bicyclic) bond motifs is 1. The van der Waals surface area contributed by atoms with Gasteiger partial charge in [0.2, 0.25) is 0 Å². The van der Waals surface area contributed by atoms with Crippen LogP contribution in [0.3, 0.4) is 0 Å². The van der Waals surface area contributed by atoms with Gasteiger partial charge in [-0.15, -0.1) is 0 Å². The van der Waals surface area contributed by atoms with Gasteiger partial charge in [-0.25, -0.2) is 0 Å². The molecule has 1 atom stereocenters. The van der Waals surface area contributed by atoms with E-state index in [9.17, 15) is 0 Å². The van der Waals surface area contributed by atoms with Crippen molar-refractivity contribution < 1.29 is 9.47 Å². The smallest absolute Gasteiger partial charge is 0.119 e. The highest BCUT2D eigenvalue weighted by atomic mass is 16.5. The summed E-state index contributed by atoms with van der Waals surface area (Å²) in [6.45, 7) is 3.18. The van der Waals surface area contributed by atoms with Crippen LogP contribution in [0, 0.1) is 0 Å². The Labute approximate surface area is 132 Å². The molecular formula is C19H23NO2. The van der Waals surface area contributed by atoms with E-state index in [2.05, 4.69) is 36.5 Å². The summed E-state index contributed by atoms with van der Waals surface area (Å²) in [6, 6.07) is 13.0. The zero-order valence-electron chi connectivity index (χ0n) is 13.5. The summed E-state index contributed by atoms with van der Waals surface area (Å²) in [5.74, 6) is 1.86. The molecule has 0 spiro atoms. The highest BCUT2D eigenvalue weighted by Crippen LogP contribution is 2.34.